The Morgan fingerprint density at radius 3 is 2.44 bits per heavy atom. The third-order valence-corrected chi connectivity index (χ3v) is 6.14. The van der Waals surface area contributed by atoms with Gasteiger partial charge in [-0.05, 0) is 71.8 Å². The normalized spacial score (nSPS) is 22.5. The lowest BCUT2D eigenvalue weighted by molar-refractivity contribution is -0.184. The van der Waals surface area contributed by atoms with Gasteiger partial charge in [0, 0.05) is 13.1 Å². The van der Waals surface area contributed by atoms with Gasteiger partial charge in [0.2, 0.25) is 0 Å². The third-order valence-electron chi connectivity index (χ3n) is 6.14. The van der Waals surface area contributed by atoms with Gasteiger partial charge in [0.05, 0.1) is 12.6 Å². The number of rotatable bonds is 8. The molecule has 1 aromatic carbocycles. The Balaban J connectivity index is 1.76. The first-order valence-electron chi connectivity index (χ1n) is 12.5. The molecule has 0 bridgehead atoms. The van der Waals surface area contributed by atoms with E-state index in [0.29, 0.717) is 32.2 Å². The topological polar surface area (TPSA) is 88.2 Å². The molecule has 0 aliphatic carbocycles. The number of esters is 2. The molecule has 8 nitrogen and oxygen atoms in total. The summed E-state index contributed by atoms with van der Waals surface area (Å²) in [5, 5.41) is 6.87. The van der Waals surface area contributed by atoms with Crippen LogP contribution in [0.15, 0.2) is 30.3 Å². The van der Waals surface area contributed by atoms with Crippen molar-refractivity contribution in [1.82, 2.24) is 15.3 Å². The highest BCUT2D eigenvalue weighted by Crippen LogP contribution is 2.26. The van der Waals surface area contributed by atoms with E-state index in [1.807, 2.05) is 56.1 Å². The fraction of sp³-hybridized carbons (Fsp3) is 0.654. The van der Waals surface area contributed by atoms with E-state index >= 15 is 0 Å². The van der Waals surface area contributed by atoms with Crippen LogP contribution in [0.2, 0.25) is 0 Å². The van der Waals surface area contributed by atoms with E-state index in [0.717, 1.165) is 24.9 Å². The highest BCUT2D eigenvalue weighted by molar-refractivity contribution is 5.88. The first kappa shape index (κ1) is 26.2. The molecule has 3 rings (SSSR count). The van der Waals surface area contributed by atoms with Gasteiger partial charge in [0.25, 0.3) is 5.91 Å². The van der Waals surface area contributed by atoms with Crippen LogP contribution >= 0.6 is 0 Å². The molecule has 1 aromatic rings. The molecule has 2 saturated heterocycles. The zero-order valence-corrected chi connectivity index (χ0v) is 20.9. The summed E-state index contributed by atoms with van der Waals surface area (Å²) in [6.45, 7) is 8.97. The largest absolute Gasteiger partial charge is 0.465 e. The molecular formula is C26H39N3O5. The van der Waals surface area contributed by atoms with Crippen molar-refractivity contribution >= 4 is 17.8 Å². The number of nitrogens with zero attached hydrogens (tertiary/aromatic N) is 2. The van der Waals surface area contributed by atoms with Gasteiger partial charge in [-0.3, -0.25) is 19.9 Å². The molecule has 2 aliphatic rings. The van der Waals surface area contributed by atoms with Gasteiger partial charge in [-0.25, -0.2) is 9.80 Å². The van der Waals surface area contributed by atoms with Crippen LogP contribution < -0.4 is 5.32 Å². The molecule has 2 fully saturated rings. The van der Waals surface area contributed by atoms with Crippen molar-refractivity contribution in [3.63, 3.8) is 0 Å². The van der Waals surface area contributed by atoms with Gasteiger partial charge in [-0.2, -0.15) is 0 Å². The van der Waals surface area contributed by atoms with Gasteiger partial charge < -0.3 is 9.47 Å². The van der Waals surface area contributed by atoms with E-state index in [1.54, 1.807) is 11.9 Å². The van der Waals surface area contributed by atoms with E-state index in [9.17, 15) is 14.4 Å². The number of aryl methyl sites for hydroxylation is 1. The minimum atomic E-state index is -0.645. The average Bonchev–Trinajstić information content (AvgIpc) is 2.95. The molecule has 3 atom stereocenters. The second-order valence-electron chi connectivity index (χ2n) is 10.0. The molecule has 1 amide bonds. The minimum Gasteiger partial charge on any atom is -0.465 e. The maximum absolute atomic E-state index is 13.7. The molecule has 34 heavy (non-hydrogen) atoms. The van der Waals surface area contributed by atoms with Crippen LogP contribution in [0.1, 0.15) is 65.4 Å². The molecule has 8 heteroatoms. The Morgan fingerprint density at radius 2 is 1.79 bits per heavy atom. The first-order valence-corrected chi connectivity index (χ1v) is 12.5. The molecule has 1 N–H and O–H groups in total. The Labute approximate surface area is 202 Å². The standard InChI is InChI=1S/C26H39N3O5/c1-5-33-24(31)21(16-15-19-11-7-6-8-12-19)27-20-13-9-17-28-18-10-14-22(29(28)23(20)30)25(32)34-26(2,3)4/h6-8,11-12,20-22,27H,5,9-10,13-18H2,1-4H3/t20-,21-,22-/m0/s1. The maximum Gasteiger partial charge on any atom is 0.331 e. The highest BCUT2D eigenvalue weighted by Gasteiger charge is 2.43. The second kappa shape index (κ2) is 11.8. The summed E-state index contributed by atoms with van der Waals surface area (Å²) in [7, 11) is 0. The summed E-state index contributed by atoms with van der Waals surface area (Å²) in [6.07, 6.45) is 3.98. The highest BCUT2D eigenvalue weighted by atomic mass is 16.6. The molecule has 0 spiro atoms. The number of fused-ring (bicyclic) bond motifs is 1. The van der Waals surface area contributed by atoms with Crippen molar-refractivity contribution in [1.29, 1.82) is 0 Å². The van der Waals surface area contributed by atoms with Crippen molar-refractivity contribution in [3.8, 4) is 0 Å². The zero-order valence-electron chi connectivity index (χ0n) is 20.9. The van der Waals surface area contributed by atoms with Crippen molar-refractivity contribution in [3.05, 3.63) is 35.9 Å². The number of carbonyl (C=O) groups excluding carboxylic acids is 3. The number of benzene rings is 1. The summed E-state index contributed by atoms with van der Waals surface area (Å²) < 4.78 is 10.9. The fourth-order valence-corrected chi connectivity index (χ4v) is 4.62. The SMILES string of the molecule is CCOC(=O)[C@H](CCc1ccccc1)N[C@H]1CCCN2CCC[C@@H](C(=O)OC(C)(C)C)N2C1=O. The number of nitrogens with one attached hydrogen (secondary N) is 1. The van der Waals surface area contributed by atoms with Crippen LogP contribution in [-0.2, 0) is 30.3 Å². The third kappa shape index (κ3) is 7.03. The van der Waals surface area contributed by atoms with Gasteiger partial charge >= 0.3 is 11.9 Å². The summed E-state index contributed by atoms with van der Waals surface area (Å²) in [5.41, 5.74) is 0.497. The van der Waals surface area contributed by atoms with Crippen LogP contribution in [0.4, 0.5) is 0 Å². The van der Waals surface area contributed by atoms with E-state index in [2.05, 4.69) is 5.32 Å². The van der Waals surface area contributed by atoms with E-state index < -0.39 is 23.7 Å². The number of ether oxygens (including phenoxy) is 2. The van der Waals surface area contributed by atoms with Crippen LogP contribution in [0.5, 0.6) is 0 Å². The Morgan fingerprint density at radius 1 is 1.12 bits per heavy atom. The smallest absolute Gasteiger partial charge is 0.331 e. The Kier molecular flexibility index (Phi) is 9.08. The van der Waals surface area contributed by atoms with Gasteiger partial charge in [-0.15, -0.1) is 0 Å². The van der Waals surface area contributed by atoms with E-state index in [1.165, 1.54) is 0 Å². The van der Waals surface area contributed by atoms with Crippen molar-refractivity contribution in [2.45, 2.75) is 89.9 Å². The molecular weight excluding hydrogens is 434 g/mol. The number of carbonyl (C=O) groups is 3. The molecule has 0 saturated carbocycles. The second-order valence-corrected chi connectivity index (χ2v) is 10.0. The maximum atomic E-state index is 13.7. The monoisotopic (exact) mass is 473 g/mol. The zero-order chi connectivity index (χ0) is 24.7. The minimum absolute atomic E-state index is 0.179. The quantitative estimate of drug-likeness (QED) is 0.581. The van der Waals surface area contributed by atoms with Crippen molar-refractivity contribution < 1.29 is 23.9 Å². The van der Waals surface area contributed by atoms with Crippen LogP contribution in [0.25, 0.3) is 0 Å². The summed E-state index contributed by atoms with van der Waals surface area (Å²) in [4.78, 5) is 39.4. The molecule has 0 unspecified atom stereocenters. The Hall–Kier alpha value is -2.45. The fourth-order valence-electron chi connectivity index (χ4n) is 4.62. The lowest BCUT2D eigenvalue weighted by Crippen LogP contribution is -2.62. The summed E-state index contributed by atoms with van der Waals surface area (Å²) in [5.74, 6) is -0.908. The molecule has 0 radical (unpaired) electrons. The lowest BCUT2D eigenvalue weighted by atomic mass is 10.0. The van der Waals surface area contributed by atoms with E-state index in [4.69, 9.17) is 9.47 Å². The first-order chi connectivity index (χ1) is 16.2. The predicted octanol–water partition coefficient (Wildman–Crippen LogP) is 2.85. The average molecular weight is 474 g/mol. The Bertz CT molecular complexity index is 839. The number of hydrogen-bond acceptors (Lipinski definition) is 7. The van der Waals surface area contributed by atoms with Crippen LogP contribution in [0, 0.1) is 0 Å². The van der Waals surface area contributed by atoms with Crippen molar-refractivity contribution in [2.24, 2.45) is 0 Å². The lowest BCUT2D eigenvalue weighted by Gasteiger charge is -2.43. The number of amides is 1. The molecule has 188 valence electrons. The van der Waals surface area contributed by atoms with Gasteiger partial charge in [0.15, 0.2) is 0 Å². The predicted molar refractivity (Wildman–Crippen MR) is 129 cm³/mol. The van der Waals surface area contributed by atoms with Crippen LogP contribution in [-0.4, -0.2) is 71.3 Å². The molecule has 0 aromatic heterocycles. The van der Waals surface area contributed by atoms with Gasteiger partial charge in [-0.1, -0.05) is 30.3 Å². The number of hydrogen-bond donors (Lipinski definition) is 1. The molecule has 2 aliphatic heterocycles. The summed E-state index contributed by atoms with van der Waals surface area (Å²) in [6, 6.07) is 8.13. The van der Waals surface area contributed by atoms with Crippen molar-refractivity contribution in [2.75, 3.05) is 19.7 Å². The molecule has 2 heterocycles. The van der Waals surface area contributed by atoms with E-state index in [-0.39, 0.29) is 24.5 Å². The number of hydrazine groups is 1. The summed E-state index contributed by atoms with van der Waals surface area (Å²) >= 11 is 0. The van der Waals surface area contributed by atoms with Gasteiger partial charge in [0.1, 0.15) is 17.7 Å². The van der Waals surface area contributed by atoms with Crippen LogP contribution in [0.3, 0.4) is 0 Å².